The van der Waals surface area contributed by atoms with Crippen LogP contribution in [-0.2, 0) is 4.74 Å². The lowest BCUT2D eigenvalue weighted by Crippen LogP contribution is -2.40. The molecule has 0 rings (SSSR count). The van der Waals surface area contributed by atoms with Crippen LogP contribution in [0.2, 0.25) is 0 Å². The van der Waals surface area contributed by atoms with Gasteiger partial charge < -0.3 is 10.1 Å². The topological polar surface area (TPSA) is 38.3 Å². The summed E-state index contributed by atoms with van der Waals surface area (Å²) >= 11 is 0. The Morgan fingerprint density at radius 1 is 1.38 bits per heavy atom. The highest BCUT2D eigenvalue weighted by atomic mass is 16.6. The second-order valence-electron chi connectivity index (χ2n) is 4.50. The lowest BCUT2D eigenvalue weighted by Gasteiger charge is -2.23. The molecular formula is C10H20NO2. The van der Waals surface area contributed by atoms with Crippen molar-refractivity contribution in [3.8, 4) is 0 Å². The van der Waals surface area contributed by atoms with E-state index in [0.717, 1.165) is 0 Å². The van der Waals surface area contributed by atoms with E-state index in [9.17, 15) is 4.79 Å². The Bertz CT molecular complexity index is 170. The van der Waals surface area contributed by atoms with Crippen LogP contribution in [0.4, 0.5) is 4.79 Å². The average molecular weight is 186 g/mol. The fourth-order valence-corrected chi connectivity index (χ4v) is 0.626. The van der Waals surface area contributed by atoms with Gasteiger partial charge in [-0.15, -0.1) is 0 Å². The number of hydrogen-bond donors (Lipinski definition) is 1. The van der Waals surface area contributed by atoms with Crippen molar-refractivity contribution in [3.63, 3.8) is 0 Å². The molecule has 0 aliphatic carbocycles. The molecule has 0 aliphatic rings. The van der Waals surface area contributed by atoms with Crippen molar-refractivity contribution in [3.05, 3.63) is 6.92 Å². The fourth-order valence-electron chi connectivity index (χ4n) is 0.626. The monoisotopic (exact) mass is 186 g/mol. The molecule has 0 unspecified atom stereocenters. The molecule has 0 heterocycles. The van der Waals surface area contributed by atoms with Gasteiger partial charge in [-0.3, -0.25) is 0 Å². The van der Waals surface area contributed by atoms with E-state index in [1.165, 1.54) is 0 Å². The van der Waals surface area contributed by atoms with Gasteiger partial charge in [-0.1, -0.05) is 13.8 Å². The first-order chi connectivity index (χ1) is 5.72. The summed E-state index contributed by atoms with van der Waals surface area (Å²) in [5.41, 5.74) is -0.444. The maximum Gasteiger partial charge on any atom is 0.407 e. The fraction of sp³-hybridized carbons (Fsp3) is 0.800. The third kappa shape index (κ3) is 6.43. The normalized spacial score (nSPS) is 14.1. The highest BCUT2D eigenvalue weighted by molar-refractivity contribution is 5.68. The molecule has 77 valence electrons. The summed E-state index contributed by atoms with van der Waals surface area (Å²) in [5.74, 6) is 0.313. The van der Waals surface area contributed by atoms with Crippen LogP contribution < -0.4 is 5.32 Å². The molecule has 1 atom stereocenters. The molecule has 0 aromatic rings. The minimum Gasteiger partial charge on any atom is -0.444 e. The van der Waals surface area contributed by atoms with Gasteiger partial charge in [-0.05, 0) is 33.6 Å². The van der Waals surface area contributed by atoms with Crippen molar-refractivity contribution >= 4 is 6.09 Å². The molecule has 3 heteroatoms. The zero-order chi connectivity index (χ0) is 10.6. The molecular weight excluding hydrogens is 166 g/mol. The van der Waals surface area contributed by atoms with Crippen LogP contribution in [0, 0.1) is 12.8 Å². The van der Waals surface area contributed by atoms with Gasteiger partial charge >= 0.3 is 6.09 Å². The minimum absolute atomic E-state index is 0.102. The summed E-state index contributed by atoms with van der Waals surface area (Å²) in [5, 5.41) is 2.66. The highest BCUT2D eigenvalue weighted by Crippen LogP contribution is 2.07. The Hall–Kier alpha value is -0.730. The SMILES string of the molecule is [CH2][C@@H](NC(=O)OC(C)(C)C)C(C)C. The van der Waals surface area contributed by atoms with Gasteiger partial charge in [0.25, 0.3) is 0 Å². The van der Waals surface area contributed by atoms with E-state index in [4.69, 9.17) is 4.74 Å². The summed E-state index contributed by atoms with van der Waals surface area (Å²) in [7, 11) is 0. The standard InChI is InChI=1S/C10H20NO2/c1-7(2)8(3)11-9(12)13-10(4,5)6/h7-8H,3H2,1-2,4-6H3,(H,11,12)/t8-/m1/s1. The number of rotatable bonds is 2. The number of nitrogens with one attached hydrogen (secondary N) is 1. The predicted molar refractivity (Wildman–Crippen MR) is 53.4 cm³/mol. The van der Waals surface area contributed by atoms with Gasteiger partial charge in [0.05, 0.1) is 0 Å². The number of hydrogen-bond acceptors (Lipinski definition) is 2. The second-order valence-corrected chi connectivity index (χ2v) is 4.50. The summed E-state index contributed by atoms with van der Waals surface area (Å²) < 4.78 is 5.07. The average Bonchev–Trinajstić information content (AvgIpc) is 1.81. The molecule has 3 nitrogen and oxygen atoms in total. The first-order valence-corrected chi connectivity index (χ1v) is 4.55. The molecule has 1 radical (unpaired) electrons. The second kappa shape index (κ2) is 4.49. The quantitative estimate of drug-likeness (QED) is 0.719. The van der Waals surface area contributed by atoms with E-state index in [2.05, 4.69) is 12.2 Å². The van der Waals surface area contributed by atoms with Crippen molar-refractivity contribution in [1.82, 2.24) is 5.32 Å². The number of amides is 1. The molecule has 0 aliphatic heterocycles. The van der Waals surface area contributed by atoms with Crippen LogP contribution in [0.3, 0.4) is 0 Å². The van der Waals surface area contributed by atoms with Gasteiger partial charge in [0.2, 0.25) is 0 Å². The zero-order valence-corrected chi connectivity index (χ0v) is 9.18. The lowest BCUT2D eigenvalue weighted by atomic mass is 10.1. The maximum atomic E-state index is 11.2. The number of ether oxygens (including phenoxy) is 1. The Balaban J connectivity index is 3.89. The molecule has 0 aromatic heterocycles. The first kappa shape index (κ1) is 12.3. The van der Waals surface area contributed by atoms with Gasteiger partial charge in [-0.25, -0.2) is 4.79 Å². The third-order valence-corrected chi connectivity index (χ3v) is 1.51. The zero-order valence-electron chi connectivity index (χ0n) is 9.18. The highest BCUT2D eigenvalue weighted by Gasteiger charge is 2.18. The number of alkyl carbamates (subject to hydrolysis) is 1. The summed E-state index contributed by atoms with van der Waals surface area (Å²) in [6.45, 7) is 13.3. The smallest absolute Gasteiger partial charge is 0.407 e. The van der Waals surface area contributed by atoms with Crippen molar-refractivity contribution in [2.24, 2.45) is 5.92 Å². The number of carbonyl (C=O) groups excluding carboxylic acids is 1. The Morgan fingerprint density at radius 3 is 2.15 bits per heavy atom. The minimum atomic E-state index is -0.444. The van der Waals surface area contributed by atoms with Crippen molar-refractivity contribution in [2.75, 3.05) is 0 Å². The molecule has 0 saturated carbocycles. The van der Waals surface area contributed by atoms with E-state index in [1.54, 1.807) is 0 Å². The predicted octanol–water partition coefficient (Wildman–Crippen LogP) is 2.37. The van der Waals surface area contributed by atoms with Crippen LogP contribution in [-0.4, -0.2) is 17.7 Å². The van der Waals surface area contributed by atoms with Crippen LogP contribution >= 0.6 is 0 Å². The largest absolute Gasteiger partial charge is 0.444 e. The van der Waals surface area contributed by atoms with Gasteiger partial charge in [0, 0.05) is 6.04 Å². The Labute approximate surface area is 80.8 Å². The van der Waals surface area contributed by atoms with Crippen LogP contribution in [0.5, 0.6) is 0 Å². The molecule has 0 spiro atoms. The van der Waals surface area contributed by atoms with E-state index in [1.807, 2.05) is 34.6 Å². The van der Waals surface area contributed by atoms with Crippen LogP contribution in [0.1, 0.15) is 34.6 Å². The van der Waals surface area contributed by atoms with E-state index < -0.39 is 11.7 Å². The Kier molecular flexibility index (Phi) is 4.24. The van der Waals surface area contributed by atoms with Crippen molar-refractivity contribution < 1.29 is 9.53 Å². The molecule has 1 amide bonds. The van der Waals surface area contributed by atoms with Gasteiger partial charge in [-0.2, -0.15) is 0 Å². The molecule has 13 heavy (non-hydrogen) atoms. The lowest BCUT2D eigenvalue weighted by molar-refractivity contribution is 0.0503. The summed E-state index contributed by atoms with van der Waals surface area (Å²) in [6, 6.07) is -0.102. The molecule has 0 bridgehead atoms. The van der Waals surface area contributed by atoms with E-state index in [-0.39, 0.29) is 6.04 Å². The third-order valence-electron chi connectivity index (χ3n) is 1.51. The number of carbonyl (C=O) groups is 1. The van der Waals surface area contributed by atoms with Crippen molar-refractivity contribution in [1.29, 1.82) is 0 Å². The molecule has 0 fully saturated rings. The van der Waals surface area contributed by atoms with Crippen LogP contribution in [0.25, 0.3) is 0 Å². The summed E-state index contributed by atoms with van der Waals surface area (Å²) in [4.78, 5) is 11.2. The molecule has 0 aromatic carbocycles. The van der Waals surface area contributed by atoms with E-state index in [0.29, 0.717) is 5.92 Å². The molecule has 0 saturated heterocycles. The molecule has 1 N–H and O–H groups in total. The first-order valence-electron chi connectivity index (χ1n) is 4.55. The van der Waals surface area contributed by atoms with Gasteiger partial charge in [0.1, 0.15) is 5.60 Å². The van der Waals surface area contributed by atoms with Gasteiger partial charge in [0.15, 0.2) is 0 Å². The maximum absolute atomic E-state index is 11.2. The van der Waals surface area contributed by atoms with Crippen LogP contribution in [0.15, 0.2) is 0 Å². The summed E-state index contributed by atoms with van der Waals surface area (Å²) in [6.07, 6.45) is -0.402. The Morgan fingerprint density at radius 2 is 1.85 bits per heavy atom. The van der Waals surface area contributed by atoms with E-state index >= 15 is 0 Å². The van der Waals surface area contributed by atoms with Crippen molar-refractivity contribution in [2.45, 2.75) is 46.3 Å².